The van der Waals surface area contributed by atoms with Gasteiger partial charge in [0.25, 0.3) is 0 Å². The van der Waals surface area contributed by atoms with E-state index in [9.17, 15) is 4.79 Å². The summed E-state index contributed by atoms with van der Waals surface area (Å²) < 4.78 is 1.98. The lowest BCUT2D eigenvalue weighted by molar-refractivity contribution is -0.131. The van der Waals surface area contributed by atoms with Crippen LogP contribution in [0.1, 0.15) is 11.3 Å². The van der Waals surface area contributed by atoms with Crippen molar-refractivity contribution in [2.24, 2.45) is 0 Å². The number of aryl methyl sites for hydroxylation is 1. The first-order valence-corrected chi connectivity index (χ1v) is 6.66. The average molecular weight is 258 g/mol. The van der Waals surface area contributed by atoms with Gasteiger partial charge in [0.15, 0.2) is 0 Å². The van der Waals surface area contributed by atoms with Crippen molar-refractivity contribution < 1.29 is 4.79 Å². The first-order valence-electron chi connectivity index (χ1n) is 6.66. The zero-order chi connectivity index (χ0) is 13.2. The molecule has 0 atom stereocenters. The number of pyridine rings is 1. The third-order valence-electron chi connectivity index (χ3n) is 3.53. The maximum Gasteiger partial charge on any atom is 0.228 e. The van der Waals surface area contributed by atoms with E-state index >= 15 is 0 Å². The van der Waals surface area contributed by atoms with Crippen LogP contribution in [0.5, 0.6) is 0 Å². The number of nitrogens with one attached hydrogen (secondary N) is 1. The van der Waals surface area contributed by atoms with Crippen molar-refractivity contribution in [2.45, 2.75) is 13.3 Å². The van der Waals surface area contributed by atoms with Gasteiger partial charge in [0.2, 0.25) is 5.91 Å². The predicted molar refractivity (Wildman–Crippen MR) is 73.1 cm³/mol. The van der Waals surface area contributed by atoms with Gasteiger partial charge < -0.3 is 14.6 Å². The zero-order valence-electron chi connectivity index (χ0n) is 11.1. The van der Waals surface area contributed by atoms with Crippen LogP contribution in [-0.4, -0.2) is 46.4 Å². The van der Waals surface area contributed by atoms with Crippen LogP contribution in [0, 0.1) is 6.92 Å². The van der Waals surface area contributed by atoms with Gasteiger partial charge in [-0.05, 0) is 18.6 Å². The van der Waals surface area contributed by atoms with Crippen molar-refractivity contribution in [2.75, 3.05) is 26.2 Å². The molecule has 100 valence electrons. The lowest BCUT2D eigenvalue weighted by atomic mass is 10.2. The van der Waals surface area contributed by atoms with E-state index in [-0.39, 0.29) is 5.91 Å². The summed E-state index contributed by atoms with van der Waals surface area (Å²) in [6, 6.07) is 4.02. The molecule has 3 rings (SSSR count). The number of carbonyl (C=O) groups excluding carboxylic acids is 1. The van der Waals surface area contributed by atoms with E-state index in [2.05, 4.69) is 10.3 Å². The van der Waals surface area contributed by atoms with E-state index in [1.807, 2.05) is 40.8 Å². The predicted octanol–water partition coefficient (Wildman–Crippen LogP) is 0.617. The van der Waals surface area contributed by atoms with E-state index in [1.165, 1.54) is 0 Å². The molecule has 5 nitrogen and oxygen atoms in total. The van der Waals surface area contributed by atoms with E-state index in [0.717, 1.165) is 43.1 Å². The maximum atomic E-state index is 12.2. The van der Waals surface area contributed by atoms with Gasteiger partial charge >= 0.3 is 0 Å². The fraction of sp³-hybridized carbons (Fsp3) is 0.429. The van der Waals surface area contributed by atoms with Crippen molar-refractivity contribution in [3.05, 3.63) is 35.8 Å². The largest absolute Gasteiger partial charge is 0.340 e. The van der Waals surface area contributed by atoms with Gasteiger partial charge in [-0.1, -0.05) is 6.07 Å². The van der Waals surface area contributed by atoms with Crippen molar-refractivity contribution in [3.8, 4) is 0 Å². The summed E-state index contributed by atoms with van der Waals surface area (Å²) in [7, 11) is 0. The van der Waals surface area contributed by atoms with Gasteiger partial charge in [-0.25, -0.2) is 4.98 Å². The lowest BCUT2D eigenvalue weighted by Gasteiger charge is -2.27. The Balaban J connectivity index is 1.77. The highest BCUT2D eigenvalue weighted by Gasteiger charge is 2.17. The van der Waals surface area contributed by atoms with Crippen molar-refractivity contribution in [3.63, 3.8) is 0 Å². The molecule has 0 aromatic carbocycles. The van der Waals surface area contributed by atoms with Crippen molar-refractivity contribution >= 4 is 11.6 Å². The second-order valence-corrected chi connectivity index (χ2v) is 4.96. The highest BCUT2D eigenvalue weighted by molar-refractivity contribution is 5.78. The highest BCUT2D eigenvalue weighted by Crippen LogP contribution is 2.11. The number of hydrogen-bond donors (Lipinski definition) is 1. The summed E-state index contributed by atoms with van der Waals surface area (Å²) in [4.78, 5) is 18.6. The Labute approximate surface area is 112 Å². The molecule has 2 aromatic heterocycles. The number of imidazole rings is 1. The standard InChI is InChI=1S/C14H18N4O/c1-11-3-2-6-18-10-12(16-14(11)18)9-13(19)17-7-4-15-5-8-17/h2-3,6,10,15H,4-5,7-9H2,1H3. The quantitative estimate of drug-likeness (QED) is 0.859. The molecule has 1 N–H and O–H groups in total. The topological polar surface area (TPSA) is 49.6 Å². The molecular weight excluding hydrogens is 240 g/mol. The first-order chi connectivity index (χ1) is 9.24. The van der Waals surface area contributed by atoms with Crippen LogP contribution in [0.15, 0.2) is 24.5 Å². The summed E-state index contributed by atoms with van der Waals surface area (Å²) in [5.41, 5.74) is 2.91. The van der Waals surface area contributed by atoms with Crippen LogP contribution in [0.3, 0.4) is 0 Å². The molecule has 1 amide bonds. The summed E-state index contributed by atoms with van der Waals surface area (Å²) in [5, 5.41) is 3.25. The molecule has 0 aliphatic carbocycles. The number of carbonyl (C=O) groups is 1. The Hall–Kier alpha value is -1.88. The van der Waals surface area contributed by atoms with E-state index < -0.39 is 0 Å². The number of amides is 1. The second kappa shape index (κ2) is 5.01. The fourth-order valence-corrected chi connectivity index (χ4v) is 2.47. The van der Waals surface area contributed by atoms with Crippen LogP contribution < -0.4 is 5.32 Å². The molecule has 5 heteroatoms. The zero-order valence-corrected chi connectivity index (χ0v) is 11.1. The van der Waals surface area contributed by atoms with Crippen LogP contribution in [-0.2, 0) is 11.2 Å². The van der Waals surface area contributed by atoms with Gasteiger partial charge in [0, 0.05) is 38.6 Å². The lowest BCUT2D eigenvalue weighted by Crippen LogP contribution is -2.46. The molecule has 0 unspecified atom stereocenters. The van der Waals surface area contributed by atoms with Gasteiger partial charge in [0.05, 0.1) is 12.1 Å². The molecule has 0 spiro atoms. The molecule has 3 heterocycles. The van der Waals surface area contributed by atoms with Crippen molar-refractivity contribution in [1.82, 2.24) is 19.6 Å². The minimum atomic E-state index is 0.169. The van der Waals surface area contributed by atoms with E-state index in [0.29, 0.717) is 6.42 Å². The number of nitrogens with zero attached hydrogens (tertiary/aromatic N) is 3. The number of rotatable bonds is 2. The Morgan fingerprint density at radius 1 is 1.42 bits per heavy atom. The van der Waals surface area contributed by atoms with Gasteiger partial charge in [-0.3, -0.25) is 4.79 Å². The fourth-order valence-electron chi connectivity index (χ4n) is 2.47. The third kappa shape index (κ3) is 2.46. The van der Waals surface area contributed by atoms with Crippen molar-refractivity contribution in [1.29, 1.82) is 0 Å². The Kier molecular flexibility index (Phi) is 3.21. The minimum Gasteiger partial charge on any atom is -0.340 e. The highest BCUT2D eigenvalue weighted by atomic mass is 16.2. The van der Waals surface area contributed by atoms with E-state index in [1.54, 1.807) is 0 Å². The van der Waals surface area contributed by atoms with Gasteiger partial charge in [0.1, 0.15) is 5.65 Å². The Morgan fingerprint density at radius 2 is 2.21 bits per heavy atom. The SMILES string of the molecule is Cc1cccn2cc(CC(=O)N3CCNCC3)nc12. The Bertz CT molecular complexity index is 599. The van der Waals surface area contributed by atoms with Crippen LogP contribution in [0.4, 0.5) is 0 Å². The Morgan fingerprint density at radius 3 is 2.95 bits per heavy atom. The molecule has 0 radical (unpaired) electrons. The van der Waals surface area contributed by atoms with E-state index in [4.69, 9.17) is 0 Å². The molecule has 1 saturated heterocycles. The molecule has 19 heavy (non-hydrogen) atoms. The smallest absolute Gasteiger partial charge is 0.228 e. The molecule has 0 saturated carbocycles. The average Bonchev–Trinajstić information content (AvgIpc) is 2.84. The number of hydrogen-bond acceptors (Lipinski definition) is 3. The maximum absolute atomic E-state index is 12.2. The summed E-state index contributed by atoms with van der Waals surface area (Å²) in [6.45, 7) is 5.40. The molecule has 0 bridgehead atoms. The van der Waals surface area contributed by atoms with Crippen LogP contribution >= 0.6 is 0 Å². The summed E-state index contributed by atoms with van der Waals surface area (Å²) in [6.07, 6.45) is 4.30. The number of aromatic nitrogens is 2. The molecule has 2 aromatic rings. The monoisotopic (exact) mass is 258 g/mol. The third-order valence-corrected chi connectivity index (χ3v) is 3.53. The van der Waals surface area contributed by atoms with Gasteiger partial charge in [-0.2, -0.15) is 0 Å². The minimum absolute atomic E-state index is 0.169. The van der Waals surface area contributed by atoms with Crippen LogP contribution in [0.2, 0.25) is 0 Å². The summed E-state index contributed by atoms with van der Waals surface area (Å²) in [5.74, 6) is 0.169. The number of fused-ring (bicyclic) bond motifs is 1. The first kappa shape index (κ1) is 12.2. The number of piperazine rings is 1. The van der Waals surface area contributed by atoms with Gasteiger partial charge in [-0.15, -0.1) is 0 Å². The second-order valence-electron chi connectivity index (χ2n) is 4.96. The molecular formula is C14H18N4O. The molecule has 1 aliphatic rings. The molecule has 1 fully saturated rings. The molecule has 1 aliphatic heterocycles. The normalized spacial score (nSPS) is 15.9. The van der Waals surface area contributed by atoms with Crippen LogP contribution in [0.25, 0.3) is 5.65 Å². The summed E-state index contributed by atoms with van der Waals surface area (Å²) >= 11 is 0.